The molecule has 4 heteroatoms. The summed E-state index contributed by atoms with van der Waals surface area (Å²) in [7, 11) is 0. The third-order valence-electron chi connectivity index (χ3n) is 2.81. The fourth-order valence-corrected chi connectivity index (χ4v) is 2.00. The van der Waals surface area contributed by atoms with Crippen LogP contribution in [0.4, 0.5) is 13.2 Å². The van der Waals surface area contributed by atoms with Crippen molar-refractivity contribution in [1.82, 2.24) is 5.32 Å². The first kappa shape index (κ1) is 10.5. The van der Waals surface area contributed by atoms with Gasteiger partial charge in [-0.1, -0.05) is 12.1 Å². The largest absolute Gasteiger partial charge is 0.302 e. The van der Waals surface area contributed by atoms with E-state index in [1.807, 2.05) is 0 Å². The highest BCUT2D eigenvalue weighted by molar-refractivity contribution is 5.26. The molecule has 82 valence electrons. The maximum Gasteiger partial charge on any atom is 0.262 e. The molecule has 1 N–H and O–H groups in total. The summed E-state index contributed by atoms with van der Waals surface area (Å²) < 4.78 is 39.1. The second-order valence-electron chi connectivity index (χ2n) is 4.23. The molecule has 1 nitrogen and oxygen atoms in total. The lowest BCUT2D eigenvalue weighted by Crippen LogP contribution is -2.33. The van der Waals surface area contributed by atoms with Gasteiger partial charge in [0.1, 0.15) is 5.82 Å². The van der Waals surface area contributed by atoms with Gasteiger partial charge in [-0.2, -0.15) is 0 Å². The van der Waals surface area contributed by atoms with Crippen molar-refractivity contribution in [1.29, 1.82) is 0 Å². The van der Waals surface area contributed by atoms with E-state index in [1.54, 1.807) is 13.0 Å². The number of hydrogen-bond donors (Lipinski definition) is 1. The zero-order valence-electron chi connectivity index (χ0n) is 8.36. The van der Waals surface area contributed by atoms with Crippen LogP contribution in [0.1, 0.15) is 18.9 Å². The van der Waals surface area contributed by atoms with E-state index < -0.39 is 17.3 Å². The SMILES string of the molecule is CC1(c2cccc(F)c2)CC(F)(F)CN1. The number of hydrogen-bond acceptors (Lipinski definition) is 1. The van der Waals surface area contributed by atoms with E-state index in [9.17, 15) is 13.2 Å². The Morgan fingerprint density at radius 3 is 2.60 bits per heavy atom. The number of alkyl halides is 2. The second-order valence-corrected chi connectivity index (χ2v) is 4.23. The van der Waals surface area contributed by atoms with E-state index >= 15 is 0 Å². The van der Waals surface area contributed by atoms with Gasteiger partial charge >= 0.3 is 0 Å². The van der Waals surface area contributed by atoms with E-state index in [2.05, 4.69) is 5.32 Å². The fraction of sp³-hybridized carbons (Fsp3) is 0.455. The molecule has 1 saturated heterocycles. The van der Waals surface area contributed by atoms with E-state index in [-0.39, 0.29) is 13.0 Å². The summed E-state index contributed by atoms with van der Waals surface area (Å²) in [6.07, 6.45) is -0.288. The smallest absolute Gasteiger partial charge is 0.262 e. The first-order chi connectivity index (χ1) is 6.91. The van der Waals surface area contributed by atoms with Gasteiger partial charge in [-0.05, 0) is 24.6 Å². The highest BCUT2D eigenvalue weighted by atomic mass is 19.3. The standard InChI is InChI=1S/C11H12F3N/c1-10(6-11(13,14)7-15-10)8-3-2-4-9(12)5-8/h2-5,15H,6-7H2,1H3. The van der Waals surface area contributed by atoms with Crippen LogP contribution in [0.15, 0.2) is 24.3 Å². The summed E-state index contributed by atoms with van der Waals surface area (Å²) in [5.41, 5.74) is -0.259. The Morgan fingerprint density at radius 2 is 2.07 bits per heavy atom. The summed E-state index contributed by atoms with van der Waals surface area (Å²) in [6.45, 7) is 1.32. The number of nitrogens with one attached hydrogen (secondary N) is 1. The first-order valence-corrected chi connectivity index (χ1v) is 4.80. The van der Waals surface area contributed by atoms with E-state index in [4.69, 9.17) is 0 Å². The maximum absolute atomic E-state index is 13.1. The molecule has 1 heterocycles. The van der Waals surface area contributed by atoms with Crippen molar-refractivity contribution in [2.45, 2.75) is 24.8 Å². The predicted molar refractivity (Wildman–Crippen MR) is 51.3 cm³/mol. The van der Waals surface area contributed by atoms with Crippen LogP contribution in [0.3, 0.4) is 0 Å². The van der Waals surface area contributed by atoms with Gasteiger partial charge < -0.3 is 5.32 Å². The van der Waals surface area contributed by atoms with Crippen LogP contribution in [0.5, 0.6) is 0 Å². The highest BCUT2D eigenvalue weighted by Gasteiger charge is 2.47. The van der Waals surface area contributed by atoms with E-state index in [0.29, 0.717) is 5.56 Å². The van der Waals surface area contributed by atoms with Crippen LogP contribution in [0.25, 0.3) is 0 Å². The molecule has 0 radical (unpaired) electrons. The Bertz CT molecular complexity index is 378. The van der Waals surface area contributed by atoms with Crippen molar-refractivity contribution in [3.8, 4) is 0 Å². The van der Waals surface area contributed by atoms with Gasteiger partial charge in [-0.3, -0.25) is 0 Å². The van der Waals surface area contributed by atoms with Gasteiger partial charge in [0.2, 0.25) is 0 Å². The Morgan fingerprint density at radius 1 is 1.33 bits per heavy atom. The van der Waals surface area contributed by atoms with Crippen LogP contribution < -0.4 is 5.32 Å². The quantitative estimate of drug-likeness (QED) is 0.759. The molecule has 1 aromatic carbocycles. The number of halogens is 3. The number of rotatable bonds is 1. The molecule has 1 unspecified atom stereocenters. The molecule has 0 spiro atoms. The Balaban J connectivity index is 2.31. The van der Waals surface area contributed by atoms with Crippen LogP contribution in [-0.2, 0) is 5.54 Å². The van der Waals surface area contributed by atoms with Gasteiger partial charge in [-0.25, -0.2) is 13.2 Å². The molecule has 1 aliphatic heterocycles. The molecular weight excluding hydrogens is 203 g/mol. The molecule has 1 aliphatic rings. The van der Waals surface area contributed by atoms with Crippen molar-refractivity contribution in [2.24, 2.45) is 0 Å². The summed E-state index contributed by atoms with van der Waals surface area (Å²) in [5, 5.41) is 2.75. The predicted octanol–water partition coefficient (Wildman–Crippen LogP) is 2.67. The Labute approximate surface area is 86.3 Å². The van der Waals surface area contributed by atoms with Crippen molar-refractivity contribution < 1.29 is 13.2 Å². The summed E-state index contributed by atoms with van der Waals surface area (Å²) in [4.78, 5) is 0. The van der Waals surface area contributed by atoms with Gasteiger partial charge in [0.25, 0.3) is 5.92 Å². The van der Waals surface area contributed by atoms with Crippen molar-refractivity contribution in [2.75, 3.05) is 6.54 Å². The van der Waals surface area contributed by atoms with Crippen molar-refractivity contribution >= 4 is 0 Å². The molecule has 1 fully saturated rings. The van der Waals surface area contributed by atoms with Crippen molar-refractivity contribution in [3.05, 3.63) is 35.6 Å². The lowest BCUT2D eigenvalue weighted by molar-refractivity contribution is 0.0164. The zero-order valence-corrected chi connectivity index (χ0v) is 8.36. The van der Waals surface area contributed by atoms with E-state index in [1.165, 1.54) is 18.2 Å². The Hall–Kier alpha value is -1.03. The van der Waals surface area contributed by atoms with Crippen molar-refractivity contribution in [3.63, 3.8) is 0 Å². The van der Waals surface area contributed by atoms with Crippen LogP contribution in [-0.4, -0.2) is 12.5 Å². The molecule has 0 amide bonds. The van der Waals surface area contributed by atoms with Crippen LogP contribution >= 0.6 is 0 Å². The molecule has 0 aliphatic carbocycles. The number of benzene rings is 1. The fourth-order valence-electron chi connectivity index (χ4n) is 2.00. The molecule has 1 atom stereocenters. The normalized spacial score (nSPS) is 29.3. The molecule has 0 saturated carbocycles. The topological polar surface area (TPSA) is 12.0 Å². The lowest BCUT2D eigenvalue weighted by Gasteiger charge is -2.24. The molecule has 0 bridgehead atoms. The van der Waals surface area contributed by atoms with Gasteiger partial charge in [0, 0.05) is 12.0 Å². The highest BCUT2D eigenvalue weighted by Crippen LogP contribution is 2.38. The van der Waals surface area contributed by atoms with Crippen LogP contribution in [0.2, 0.25) is 0 Å². The van der Waals surface area contributed by atoms with Gasteiger partial charge in [-0.15, -0.1) is 0 Å². The Kier molecular flexibility index (Phi) is 2.26. The molecular formula is C11H12F3N. The molecule has 15 heavy (non-hydrogen) atoms. The minimum Gasteiger partial charge on any atom is -0.302 e. The summed E-state index contributed by atoms with van der Waals surface area (Å²) in [5.74, 6) is -3.10. The average molecular weight is 215 g/mol. The summed E-state index contributed by atoms with van der Waals surface area (Å²) >= 11 is 0. The monoisotopic (exact) mass is 215 g/mol. The summed E-state index contributed by atoms with van der Waals surface area (Å²) in [6, 6.07) is 5.81. The minimum atomic E-state index is -2.71. The molecule has 1 aromatic rings. The first-order valence-electron chi connectivity index (χ1n) is 4.80. The average Bonchev–Trinajstić information content (AvgIpc) is 2.42. The lowest BCUT2D eigenvalue weighted by atomic mass is 9.90. The van der Waals surface area contributed by atoms with Gasteiger partial charge in [0.05, 0.1) is 6.54 Å². The third kappa shape index (κ3) is 2.00. The van der Waals surface area contributed by atoms with E-state index in [0.717, 1.165) is 0 Å². The molecule has 0 aromatic heterocycles. The zero-order chi connectivity index (χ0) is 11.1. The third-order valence-corrected chi connectivity index (χ3v) is 2.81. The minimum absolute atomic E-state index is 0.288. The maximum atomic E-state index is 13.1. The molecule has 2 rings (SSSR count). The van der Waals surface area contributed by atoms with Gasteiger partial charge in [0.15, 0.2) is 0 Å². The second kappa shape index (κ2) is 3.23. The van der Waals surface area contributed by atoms with Crippen LogP contribution in [0, 0.1) is 5.82 Å².